The fourth-order valence-electron chi connectivity index (χ4n) is 3.15. The zero-order chi connectivity index (χ0) is 23.8. The smallest absolute Gasteiger partial charge is 0.453 e. The van der Waals surface area contributed by atoms with Gasteiger partial charge in [-0.25, -0.2) is 4.39 Å². The van der Waals surface area contributed by atoms with Gasteiger partial charge in [0.15, 0.2) is 0 Å². The Bertz CT molecular complexity index is 1380. The molecule has 33 heavy (non-hydrogen) atoms. The summed E-state index contributed by atoms with van der Waals surface area (Å²) in [6.45, 7) is 1.46. The van der Waals surface area contributed by atoms with E-state index in [4.69, 9.17) is 25.5 Å². The van der Waals surface area contributed by atoms with E-state index < -0.39 is 28.9 Å². The molecular formula is C24H15ClF4O4. The maximum atomic E-state index is 13.9. The third-order valence-corrected chi connectivity index (χ3v) is 5.09. The molecule has 0 aliphatic rings. The highest BCUT2D eigenvalue weighted by Gasteiger charge is 2.40. The first-order valence-corrected chi connectivity index (χ1v) is 9.99. The van der Waals surface area contributed by atoms with Gasteiger partial charge in [-0.05, 0) is 48.9 Å². The first-order chi connectivity index (χ1) is 15.6. The van der Waals surface area contributed by atoms with Crippen LogP contribution in [0.4, 0.5) is 17.6 Å². The maximum Gasteiger partial charge on any atom is 0.453 e. The summed E-state index contributed by atoms with van der Waals surface area (Å²) < 4.78 is 70.8. The highest BCUT2D eigenvalue weighted by Crippen LogP contribution is 2.38. The summed E-state index contributed by atoms with van der Waals surface area (Å²) >= 11 is 5.96. The summed E-state index contributed by atoms with van der Waals surface area (Å²) in [5, 5.41) is 0.00143. The minimum atomic E-state index is -5.00. The predicted octanol–water partition coefficient (Wildman–Crippen LogP) is 7.28. The number of rotatable bonds is 5. The van der Waals surface area contributed by atoms with Crippen LogP contribution in [-0.4, -0.2) is 0 Å². The fourth-order valence-corrected chi connectivity index (χ4v) is 3.37. The summed E-state index contributed by atoms with van der Waals surface area (Å²) in [4.78, 5) is 12.9. The molecule has 4 nitrogen and oxygen atoms in total. The van der Waals surface area contributed by atoms with Gasteiger partial charge in [-0.3, -0.25) is 4.79 Å². The molecule has 1 heterocycles. The Kier molecular flexibility index (Phi) is 6.03. The third-order valence-electron chi connectivity index (χ3n) is 4.73. The second-order valence-electron chi connectivity index (χ2n) is 7.15. The van der Waals surface area contributed by atoms with Crippen molar-refractivity contribution in [2.45, 2.75) is 19.7 Å². The topological polar surface area (TPSA) is 48.7 Å². The van der Waals surface area contributed by atoms with Gasteiger partial charge in [0.1, 0.15) is 29.5 Å². The lowest BCUT2D eigenvalue weighted by molar-refractivity contribution is -0.154. The quantitative estimate of drug-likeness (QED) is 0.283. The van der Waals surface area contributed by atoms with Crippen LogP contribution in [0.2, 0.25) is 5.02 Å². The lowest BCUT2D eigenvalue weighted by Crippen LogP contribution is -2.15. The highest BCUT2D eigenvalue weighted by molar-refractivity contribution is 6.31. The van der Waals surface area contributed by atoms with Gasteiger partial charge in [-0.1, -0.05) is 29.8 Å². The van der Waals surface area contributed by atoms with Crippen molar-refractivity contribution in [2.75, 3.05) is 0 Å². The molecule has 0 unspecified atom stereocenters. The number of hydrogen-bond donors (Lipinski definition) is 0. The maximum absolute atomic E-state index is 13.9. The zero-order valence-electron chi connectivity index (χ0n) is 17.0. The van der Waals surface area contributed by atoms with Crippen LogP contribution in [0, 0.1) is 12.7 Å². The molecule has 0 N–H and O–H groups in total. The molecule has 0 aliphatic heterocycles. The van der Waals surface area contributed by atoms with Crippen LogP contribution < -0.4 is 14.9 Å². The van der Waals surface area contributed by atoms with Gasteiger partial charge in [0.05, 0.1) is 10.4 Å². The Hall–Kier alpha value is -3.52. The Morgan fingerprint density at radius 2 is 1.76 bits per heavy atom. The molecule has 9 heteroatoms. The summed E-state index contributed by atoms with van der Waals surface area (Å²) in [6, 6.07) is 14.1. The van der Waals surface area contributed by atoms with E-state index >= 15 is 0 Å². The van der Waals surface area contributed by atoms with E-state index in [9.17, 15) is 22.4 Å². The molecule has 0 spiro atoms. The lowest BCUT2D eigenvalue weighted by atomic mass is 10.2. The van der Waals surface area contributed by atoms with Crippen molar-refractivity contribution >= 4 is 22.6 Å². The molecule has 0 radical (unpaired) electrons. The zero-order valence-corrected chi connectivity index (χ0v) is 17.8. The number of ether oxygens (including phenoxy) is 2. The normalized spacial score (nSPS) is 11.6. The molecular weight excluding hydrogens is 464 g/mol. The van der Waals surface area contributed by atoms with Crippen molar-refractivity contribution in [3.63, 3.8) is 0 Å². The van der Waals surface area contributed by atoms with Crippen molar-refractivity contribution in [3.05, 3.63) is 98.6 Å². The molecule has 0 aliphatic carbocycles. The summed E-state index contributed by atoms with van der Waals surface area (Å²) in [5.41, 5.74) is -0.531. The number of alkyl halides is 3. The van der Waals surface area contributed by atoms with Gasteiger partial charge in [-0.2, -0.15) is 13.2 Å². The van der Waals surface area contributed by atoms with Crippen LogP contribution in [0.1, 0.15) is 16.9 Å². The first kappa shape index (κ1) is 22.7. The molecule has 4 aromatic rings. The summed E-state index contributed by atoms with van der Waals surface area (Å²) in [6.07, 6.45) is -5.00. The van der Waals surface area contributed by atoms with Crippen molar-refractivity contribution in [3.8, 4) is 17.2 Å². The number of halogens is 5. The number of benzene rings is 3. The SMILES string of the molecule is Cc1cccc(Oc2c(C(F)(F)F)oc3cc(OCc4c(F)cccc4Cl)ccc3c2=O)c1. The average Bonchev–Trinajstić information content (AvgIpc) is 2.74. The van der Waals surface area contributed by atoms with Crippen LogP contribution in [0.5, 0.6) is 17.2 Å². The van der Waals surface area contributed by atoms with E-state index in [0.717, 1.165) is 11.6 Å². The Morgan fingerprint density at radius 3 is 2.45 bits per heavy atom. The van der Waals surface area contributed by atoms with Crippen LogP contribution in [0.25, 0.3) is 11.0 Å². The minimum Gasteiger partial charge on any atom is -0.489 e. The predicted molar refractivity (Wildman–Crippen MR) is 114 cm³/mol. The summed E-state index contributed by atoms with van der Waals surface area (Å²) in [7, 11) is 0. The van der Waals surface area contributed by atoms with E-state index in [0.29, 0.717) is 0 Å². The number of aryl methyl sites for hydroxylation is 1. The van der Waals surface area contributed by atoms with E-state index in [1.54, 1.807) is 19.1 Å². The lowest BCUT2D eigenvalue weighted by Gasteiger charge is -2.14. The second-order valence-corrected chi connectivity index (χ2v) is 7.56. The molecule has 3 aromatic carbocycles. The fraction of sp³-hybridized carbons (Fsp3) is 0.125. The standard InChI is InChI=1S/C24H15ClF4O4/c1-13-4-2-5-15(10-13)32-22-21(30)16-9-8-14(11-20(16)33-23(22)24(27,28)29)31-12-17-18(25)6-3-7-19(17)26/h2-11H,12H2,1H3. The molecule has 170 valence electrons. The molecule has 4 rings (SSSR count). The molecule has 0 bridgehead atoms. The molecule has 1 aromatic heterocycles. The first-order valence-electron chi connectivity index (χ1n) is 9.62. The summed E-state index contributed by atoms with van der Waals surface area (Å²) in [5.74, 6) is -3.00. The Morgan fingerprint density at radius 1 is 1.00 bits per heavy atom. The van der Waals surface area contributed by atoms with Gasteiger partial charge in [0.25, 0.3) is 5.76 Å². The van der Waals surface area contributed by atoms with Gasteiger partial charge in [0.2, 0.25) is 11.2 Å². The minimum absolute atomic E-state index is 0.0606. The van der Waals surface area contributed by atoms with Crippen LogP contribution >= 0.6 is 11.6 Å². The molecule has 0 atom stereocenters. The van der Waals surface area contributed by atoms with Crippen molar-refractivity contribution < 1.29 is 31.5 Å². The van der Waals surface area contributed by atoms with E-state index in [1.165, 1.54) is 42.5 Å². The number of fused-ring (bicyclic) bond motifs is 1. The van der Waals surface area contributed by atoms with Gasteiger partial charge in [0, 0.05) is 11.6 Å². The van der Waals surface area contributed by atoms with Gasteiger partial charge >= 0.3 is 6.18 Å². The molecule has 0 amide bonds. The van der Waals surface area contributed by atoms with E-state index in [-0.39, 0.29) is 39.7 Å². The second kappa shape index (κ2) is 8.78. The van der Waals surface area contributed by atoms with Crippen molar-refractivity contribution in [1.82, 2.24) is 0 Å². The van der Waals surface area contributed by atoms with Crippen LogP contribution in [0.15, 0.2) is 69.9 Å². The highest BCUT2D eigenvalue weighted by atomic mass is 35.5. The van der Waals surface area contributed by atoms with Gasteiger partial charge in [-0.15, -0.1) is 0 Å². The monoisotopic (exact) mass is 478 g/mol. The molecule has 0 fully saturated rings. The Balaban J connectivity index is 1.74. The Labute approximate surface area is 189 Å². The van der Waals surface area contributed by atoms with E-state index in [2.05, 4.69) is 0 Å². The largest absolute Gasteiger partial charge is 0.489 e. The van der Waals surface area contributed by atoms with Crippen LogP contribution in [-0.2, 0) is 12.8 Å². The third kappa shape index (κ3) is 4.80. The van der Waals surface area contributed by atoms with Crippen molar-refractivity contribution in [2.24, 2.45) is 0 Å². The molecule has 0 saturated carbocycles. The van der Waals surface area contributed by atoms with Crippen LogP contribution in [0.3, 0.4) is 0 Å². The van der Waals surface area contributed by atoms with E-state index in [1.807, 2.05) is 0 Å². The number of hydrogen-bond acceptors (Lipinski definition) is 4. The van der Waals surface area contributed by atoms with Crippen molar-refractivity contribution in [1.29, 1.82) is 0 Å². The van der Waals surface area contributed by atoms with Gasteiger partial charge < -0.3 is 13.9 Å². The molecule has 0 saturated heterocycles. The average molecular weight is 479 g/mol.